The average molecular weight is 307 g/mol. The molecule has 6 heteroatoms. The molecule has 3 rings (SSSR count). The van der Waals surface area contributed by atoms with Crippen molar-refractivity contribution in [2.75, 3.05) is 5.73 Å². The van der Waals surface area contributed by atoms with Gasteiger partial charge in [-0.2, -0.15) is 0 Å². The fraction of sp³-hybridized carbons (Fsp3) is 0. The van der Waals surface area contributed by atoms with E-state index < -0.39 is 5.82 Å². The molecule has 90 valence electrons. The van der Waals surface area contributed by atoms with Gasteiger partial charge in [0.25, 0.3) is 0 Å². The van der Waals surface area contributed by atoms with Gasteiger partial charge in [0.15, 0.2) is 0 Å². The van der Waals surface area contributed by atoms with Gasteiger partial charge in [0.2, 0.25) is 0 Å². The summed E-state index contributed by atoms with van der Waals surface area (Å²) in [6, 6.07) is 10.3. The van der Waals surface area contributed by atoms with Crippen molar-refractivity contribution in [2.45, 2.75) is 0 Å². The number of hydrogen-bond donors (Lipinski definition) is 1. The van der Waals surface area contributed by atoms with Crippen LogP contribution < -0.4 is 5.73 Å². The van der Waals surface area contributed by atoms with Crippen LogP contribution in [0.4, 0.5) is 10.1 Å². The van der Waals surface area contributed by atoms with Crippen LogP contribution in [0, 0.1) is 5.82 Å². The number of fused-ring (bicyclic) bond motifs is 1. The highest BCUT2D eigenvalue weighted by Gasteiger charge is 2.11. The molecule has 0 saturated carbocycles. The Balaban J connectivity index is 2.29. The molecule has 0 fully saturated rings. The zero-order valence-electron chi connectivity index (χ0n) is 9.14. The Labute approximate surface area is 110 Å². The number of benzene rings is 2. The molecular formula is C12H8BrFN4. The number of halogens is 2. The summed E-state index contributed by atoms with van der Waals surface area (Å²) in [4.78, 5) is 0. The van der Waals surface area contributed by atoms with Crippen molar-refractivity contribution in [1.82, 2.24) is 15.0 Å². The first-order valence-electron chi connectivity index (χ1n) is 5.22. The van der Waals surface area contributed by atoms with Crippen molar-refractivity contribution in [3.8, 4) is 5.69 Å². The fourth-order valence-electron chi connectivity index (χ4n) is 1.78. The molecule has 2 N–H and O–H groups in total. The highest BCUT2D eigenvalue weighted by molar-refractivity contribution is 9.10. The van der Waals surface area contributed by atoms with Crippen molar-refractivity contribution < 1.29 is 4.39 Å². The first-order chi connectivity index (χ1) is 8.66. The zero-order valence-corrected chi connectivity index (χ0v) is 10.7. The Morgan fingerprint density at radius 1 is 1.22 bits per heavy atom. The lowest BCUT2D eigenvalue weighted by Crippen LogP contribution is -2.02. The number of nitrogens with two attached hydrogens (primary N) is 1. The molecule has 0 aliphatic heterocycles. The van der Waals surface area contributed by atoms with Crippen LogP contribution >= 0.6 is 15.9 Å². The summed E-state index contributed by atoms with van der Waals surface area (Å²) in [6.45, 7) is 0. The van der Waals surface area contributed by atoms with Crippen molar-refractivity contribution in [2.24, 2.45) is 0 Å². The monoisotopic (exact) mass is 306 g/mol. The van der Waals surface area contributed by atoms with Gasteiger partial charge in [0, 0.05) is 6.07 Å². The van der Waals surface area contributed by atoms with E-state index in [0.717, 1.165) is 11.0 Å². The number of nitrogen functional groups attached to an aromatic ring is 1. The summed E-state index contributed by atoms with van der Waals surface area (Å²) in [6.07, 6.45) is 0. The lowest BCUT2D eigenvalue weighted by molar-refractivity contribution is 0.619. The summed E-state index contributed by atoms with van der Waals surface area (Å²) in [7, 11) is 0. The minimum absolute atomic E-state index is 0.327. The number of nitrogens with zero attached hydrogens (tertiary/aromatic N) is 3. The van der Waals surface area contributed by atoms with Gasteiger partial charge >= 0.3 is 0 Å². The van der Waals surface area contributed by atoms with Crippen molar-refractivity contribution >= 4 is 32.7 Å². The van der Waals surface area contributed by atoms with E-state index in [2.05, 4.69) is 26.2 Å². The van der Waals surface area contributed by atoms with E-state index in [1.165, 1.54) is 16.8 Å². The molecule has 1 heterocycles. The smallest absolute Gasteiger partial charge is 0.139 e. The molecule has 0 saturated heterocycles. The molecule has 3 aromatic rings. The topological polar surface area (TPSA) is 56.7 Å². The molecule has 0 spiro atoms. The number of rotatable bonds is 1. The van der Waals surface area contributed by atoms with Crippen molar-refractivity contribution in [1.29, 1.82) is 0 Å². The first-order valence-corrected chi connectivity index (χ1v) is 6.01. The summed E-state index contributed by atoms with van der Waals surface area (Å²) in [5, 5.41) is 8.01. The Hall–Kier alpha value is -1.95. The highest BCUT2D eigenvalue weighted by Crippen LogP contribution is 2.26. The van der Waals surface area contributed by atoms with E-state index in [4.69, 9.17) is 5.73 Å². The molecule has 0 amide bonds. The molecule has 0 aliphatic carbocycles. The van der Waals surface area contributed by atoms with Gasteiger partial charge in [-0.25, -0.2) is 9.07 Å². The average Bonchev–Trinajstić information content (AvgIpc) is 2.78. The van der Waals surface area contributed by atoms with Crippen LogP contribution in [0.2, 0.25) is 0 Å². The van der Waals surface area contributed by atoms with Crippen LogP contribution in [-0.4, -0.2) is 15.0 Å². The quantitative estimate of drug-likeness (QED) is 0.703. The Morgan fingerprint density at radius 3 is 2.83 bits per heavy atom. The molecule has 0 aliphatic rings. The van der Waals surface area contributed by atoms with Gasteiger partial charge in [-0.3, -0.25) is 0 Å². The van der Waals surface area contributed by atoms with Crippen LogP contribution in [0.1, 0.15) is 0 Å². The third-order valence-electron chi connectivity index (χ3n) is 2.65. The minimum atomic E-state index is -0.390. The molecule has 0 bridgehead atoms. The van der Waals surface area contributed by atoms with Gasteiger partial charge in [0.1, 0.15) is 11.3 Å². The second-order valence-electron chi connectivity index (χ2n) is 3.82. The van der Waals surface area contributed by atoms with Crippen LogP contribution in [0.5, 0.6) is 0 Å². The van der Waals surface area contributed by atoms with Crippen LogP contribution in [0.25, 0.3) is 16.7 Å². The molecule has 0 radical (unpaired) electrons. The van der Waals surface area contributed by atoms with Gasteiger partial charge in [-0.15, -0.1) is 5.10 Å². The number of anilines is 1. The van der Waals surface area contributed by atoms with Crippen LogP contribution in [0.15, 0.2) is 40.9 Å². The predicted molar refractivity (Wildman–Crippen MR) is 70.9 cm³/mol. The van der Waals surface area contributed by atoms with E-state index in [1.807, 2.05) is 24.3 Å². The second-order valence-corrected chi connectivity index (χ2v) is 4.67. The van der Waals surface area contributed by atoms with Gasteiger partial charge < -0.3 is 5.73 Å². The normalized spacial score (nSPS) is 11.0. The van der Waals surface area contributed by atoms with E-state index in [0.29, 0.717) is 15.8 Å². The standard InChI is InChI=1S/C12H8BrFN4/c13-7-5-9(15)12(6-8(7)14)18-11-4-2-1-3-10(11)16-17-18/h1-6H,15H2. The van der Waals surface area contributed by atoms with Crippen LogP contribution in [-0.2, 0) is 0 Å². The number of aromatic nitrogens is 3. The largest absolute Gasteiger partial charge is 0.397 e. The summed E-state index contributed by atoms with van der Waals surface area (Å²) >= 11 is 3.09. The minimum Gasteiger partial charge on any atom is -0.397 e. The van der Waals surface area contributed by atoms with Crippen LogP contribution in [0.3, 0.4) is 0 Å². The summed E-state index contributed by atoms with van der Waals surface area (Å²) in [5.41, 5.74) is 8.31. The van der Waals surface area contributed by atoms with Gasteiger partial charge in [0.05, 0.1) is 21.4 Å². The molecular weight excluding hydrogens is 299 g/mol. The third kappa shape index (κ3) is 1.65. The zero-order chi connectivity index (χ0) is 12.7. The van der Waals surface area contributed by atoms with E-state index in [-0.39, 0.29) is 0 Å². The predicted octanol–water partition coefficient (Wildman–Crippen LogP) is 2.90. The molecule has 0 unspecified atom stereocenters. The SMILES string of the molecule is Nc1cc(Br)c(F)cc1-n1nnc2ccccc21. The van der Waals surface area contributed by atoms with Gasteiger partial charge in [-0.1, -0.05) is 17.3 Å². The van der Waals surface area contributed by atoms with Crippen molar-refractivity contribution in [3.05, 3.63) is 46.7 Å². The lowest BCUT2D eigenvalue weighted by atomic mass is 10.2. The molecule has 1 aromatic heterocycles. The number of para-hydroxylation sites is 1. The summed E-state index contributed by atoms with van der Waals surface area (Å²) < 4.78 is 15.4. The highest BCUT2D eigenvalue weighted by atomic mass is 79.9. The molecule has 0 atom stereocenters. The lowest BCUT2D eigenvalue weighted by Gasteiger charge is -2.07. The van der Waals surface area contributed by atoms with E-state index in [9.17, 15) is 4.39 Å². The fourth-order valence-corrected chi connectivity index (χ4v) is 2.14. The van der Waals surface area contributed by atoms with E-state index >= 15 is 0 Å². The maximum absolute atomic E-state index is 13.6. The Morgan fingerprint density at radius 2 is 2.00 bits per heavy atom. The van der Waals surface area contributed by atoms with E-state index in [1.54, 1.807) is 0 Å². The Bertz CT molecular complexity index is 738. The number of hydrogen-bond acceptors (Lipinski definition) is 3. The maximum atomic E-state index is 13.6. The molecule has 4 nitrogen and oxygen atoms in total. The molecule has 2 aromatic carbocycles. The second kappa shape index (κ2) is 4.06. The van der Waals surface area contributed by atoms with Crippen molar-refractivity contribution in [3.63, 3.8) is 0 Å². The third-order valence-corrected chi connectivity index (χ3v) is 3.26. The first kappa shape index (κ1) is 11.2. The summed E-state index contributed by atoms with van der Waals surface area (Å²) in [5.74, 6) is -0.390. The maximum Gasteiger partial charge on any atom is 0.139 e. The molecule has 18 heavy (non-hydrogen) atoms. The van der Waals surface area contributed by atoms with Gasteiger partial charge in [-0.05, 0) is 34.1 Å². The Kier molecular flexibility index (Phi) is 2.52.